The van der Waals surface area contributed by atoms with Crippen LogP contribution in [0.1, 0.15) is 49.9 Å². The van der Waals surface area contributed by atoms with E-state index in [-0.39, 0.29) is 31.1 Å². The molecule has 146 valence electrons. The van der Waals surface area contributed by atoms with Gasteiger partial charge in [-0.05, 0) is 37.8 Å². The van der Waals surface area contributed by atoms with Gasteiger partial charge in [0.25, 0.3) is 0 Å². The number of nitrogens with zero attached hydrogens (tertiary/aromatic N) is 2. The van der Waals surface area contributed by atoms with E-state index in [9.17, 15) is 13.6 Å². The number of allylic oxidation sites excluding steroid dienone is 4. The Balaban J connectivity index is 1.68. The van der Waals surface area contributed by atoms with Crippen LogP contribution in [-0.4, -0.2) is 28.3 Å². The number of hydrogen-bond acceptors (Lipinski definition) is 3. The van der Waals surface area contributed by atoms with E-state index >= 15 is 0 Å². The summed E-state index contributed by atoms with van der Waals surface area (Å²) in [7, 11) is 0. The van der Waals surface area contributed by atoms with Gasteiger partial charge in [0.05, 0.1) is 0 Å². The Morgan fingerprint density at radius 3 is 2.56 bits per heavy atom. The Bertz CT molecular complexity index is 736. The molecule has 27 heavy (non-hydrogen) atoms. The Morgan fingerprint density at radius 2 is 1.93 bits per heavy atom. The van der Waals surface area contributed by atoms with Gasteiger partial charge in [0.2, 0.25) is 11.8 Å². The lowest BCUT2D eigenvalue weighted by atomic mass is 9.69. The van der Waals surface area contributed by atoms with Crippen LogP contribution in [0.15, 0.2) is 35.7 Å². The third kappa shape index (κ3) is 4.92. The summed E-state index contributed by atoms with van der Waals surface area (Å²) in [6, 6.07) is 0. The number of carbonyl (C=O) groups excluding carboxylic acids is 1. The number of carbonyl (C=O) groups is 1. The summed E-state index contributed by atoms with van der Waals surface area (Å²) < 4.78 is 27.5. The minimum absolute atomic E-state index is 0.0222. The molecular weight excluding hydrogens is 372 g/mol. The smallest absolute Gasteiger partial charge is 0.248 e. The van der Waals surface area contributed by atoms with Crippen LogP contribution in [0.25, 0.3) is 0 Å². The molecule has 1 atom stereocenters. The molecule has 3 rings (SSSR count). The molecule has 0 unspecified atom stereocenters. The SMILES string of the molecule is Cc1ncc(C2(CNC(=O)C[C@@H]3CC=CC=C3Cl)CCC(F)(F)CC2)cn1. The van der Waals surface area contributed by atoms with Gasteiger partial charge in [-0.15, -0.1) is 0 Å². The average molecular weight is 396 g/mol. The van der Waals surface area contributed by atoms with Crippen molar-refractivity contribution in [1.29, 1.82) is 0 Å². The number of aryl methyl sites for hydroxylation is 1. The Morgan fingerprint density at radius 1 is 1.26 bits per heavy atom. The zero-order valence-corrected chi connectivity index (χ0v) is 16.1. The fourth-order valence-electron chi connectivity index (χ4n) is 3.72. The first kappa shape index (κ1) is 19.9. The Kier molecular flexibility index (Phi) is 5.94. The van der Waals surface area contributed by atoms with Crippen molar-refractivity contribution in [3.8, 4) is 0 Å². The molecule has 1 aromatic heterocycles. The molecule has 0 radical (unpaired) electrons. The van der Waals surface area contributed by atoms with Crippen LogP contribution >= 0.6 is 11.6 Å². The number of hydrogen-bond donors (Lipinski definition) is 1. The van der Waals surface area contributed by atoms with E-state index in [0.717, 1.165) is 12.0 Å². The largest absolute Gasteiger partial charge is 0.355 e. The molecule has 4 nitrogen and oxygen atoms in total. The van der Waals surface area contributed by atoms with Gasteiger partial charge < -0.3 is 5.32 Å². The molecule has 0 aromatic carbocycles. The summed E-state index contributed by atoms with van der Waals surface area (Å²) in [6.07, 6.45) is 10.3. The van der Waals surface area contributed by atoms with Gasteiger partial charge in [-0.2, -0.15) is 0 Å². The summed E-state index contributed by atoms with van der Waals surface area (Å²) in [5, 5.41) is 3.62. The summed E-state index contributed by atoms with van der Waals surface area (Å²) in [5.74, 6) is -2.16. The lowest BCUT2D eigenvalue weighted by Crippen LogP contribution is -2.45. The van der Waals surface area contributed by atoms with Gasteiger partial charge in [0.15, 0.2) is 0 Å². The van der Waals surface area contributed by atoms with Crippen molar-refractivity contribution >= 4 is 17.5 Å². The summed E-state index contributed by atoms with van der Waals surface area (Å²) in [5.41, 5.74) is 0.249. The second-order valence-electron chi connectivity index (χ2n) is 7.55. The maximum Gasteiger partial charge on any atom is 0.248 e. The number of amides is 1. The van der Waals surface area contributed by atoms with E-state index in [4.69, 9.17) is 11.6 Å². The highest BCUT2D eigenvalue weighted by Crippen LogP contribution is 2.45. The van der Waals surface area contributed by atoms with E-state index in [2.05, 4.69) is 15.3 Å². The highest BCUT2D eigenvalue weighted by Gasteiger charge is 2.44. The van der Waals surface area contributed by atoms with E-state index < -0.39 is 11.3 Å². The molecule has 0 aliphatic heterocycles. The fraction of sp³-hybridized carbons (Fsp3) is 0.550. The van der Waals surface area contributed by atoms with E-state index in [1.807, 2.05) is 12.2 Å². The molecule has 2 aliphatic rings. The summed E-state index contributed by atoms with van der Waals surface area (Å²) in [4.78, 5) is 20.9. The Hall–Kier alpha value is -1.82. The minimum Gasteiger partial charge on any atom is -0.355 e. The zero-order chi connectivity index (χ0) is 19.5. The van der Waals surface area contributed by atoms with Crippen LogP contribution in [0.3, 0.4) is 0 Å². The second-order valence-corrected chi connectivity index (χ2v) is 7.98. The summed E-state index contributed by atoms with van der Waals surface area (Å²) in [6.45, 7) is 2.08. The van der Waals surface area contributed by atoms with Crippen molar-refractivity contribution in [2.24, 2.45) is 5.92 Å². The fourth-order valence-corrected chi connectivity index (χ4v) is 3.96. The van der Waals surface area contributed by atoms with Crippen molar-refractivity contribution in [3.05, 3.63) is 47.0 Å². The van der Waals surface area contributed by atoms with Gasteiger partial charge >= 0.3 is 0 Å². The van der Waals surface area contributed by atoms with Crippen LogP contribution in [0.4, 0.5) is 8.78 Å². The molecule has 1 N–H and O–H groups in total. The number of halogens is 3. The number of nitrogens with one attached hydrogen (secondary N) is 1. The summed E-state index contributed by atoms with van der Waals surface area (Å²) >= 11 is 6.18. The molecule has 1 heterocycles. The quantitative estimate of drug-likeness (QED) is 0.802. The first-order valence-corrected chi connectivity index (χ1v) is 9.63. The molecular formula is C20H24ClF2N3O. The monoisotopic (exact) mass is 395 g/mol. The standard InChI is InChI=1S/C20H24ClF2N3O/c1-14-24-11-16(12-25-14)19(6-8-20(22,23)9-7-19)13-26-18(27)10-15-4-2-3-5-17(15)21/h2-3,5,11-12,15H,4,6-10,13H2,1H3,(H,26,27)/t15-/m0/s1. The lowest BCUT2D eigenvalue weighted by molar-refractivity contribution is -0.122. The number of aromatic nitrogens is 2. The highest BCUT2D eigenvalue weighted by molar-refractivity contribution is 6.30. The van der Waals surface area contributed by atoms with Crippen molar-refractivity contribution in [2.45, 2.75) is 56.8 Å². The predicted octanol–water partition coefficient (Wildman–Crippen LogP) is 4.44. The first-order chi connectivity index (χ1) is 12.8. The lowest BCUT2D eigenvalue weighted by Gasteiger charge is -2.40. The Labute approximate surface area is 163 Å². The van der Waals surface area contributed by atoms with E-state index in [1.165, 1.54) is 0 Å². The van der Waals surface area contributed by atoms with Crippen LogP contribution in [0, 0.1) is 12.8 Å². The van der Waals surface area contributed by atoms with Gasteiger partial charge in [0, 0.05) is 54.6 Å². The second kappa shape index (κ2) is 8.05. The molecule has 0 spiro atoms. The zero-order valence-electron chi connectivity index (χ0n) is 15.4. The molecule has 1 fully saturated rings. The molecule has 1 aromatic rings. The molecule has 7 heteroatoms. The van der Waals surface area contributed by atoms with Gasteiger partial charge in [-0.25, -0.2) is 18.7 Å². The van der Waals surface area contributed by atoms with Crippen molar-refractivity contribution in [1.82, 2.24) is 15.3 Å². The minimum atomic E-state index is -2.65. The van der Waals surface area contributed by atoms with E-state index in [1.54, 1.807) is 25.4 Å². The number of rotatable bonds is 5. The predicted molar refractivity (Wildman–Crippen MR) is 101 cm³/mol. The van der Waals surface area contributed by atoms with Crippen LogP contribution in [0.2, 0.25) is 0 Å². The molecule has 1 amide bonds. The van der Waals surface area contributed by atoms with Crippen LogP contribution in [-0.2, 0) is 10.2 Å². The third-order valence-electron chi connectivity index (χ3n) is 5.59. The third-order valence-corrected chi connectivity index (χ3v) is 6.02. The van der Waals surface area contributed by atoms with Crippen LogP contribution < -0.4 is 5.32 Å². The first-order valence-electron chi connectivity index (χ1n) is 9.26. The number of alkyl halides is 2. The van der Waals surface area contributed by atoms with Crippen molar-refractivity contribution in [2.75, 3.05) is 6.54 Å². The van der Waals surface area contributed by atoms with E-state index in [0.29, 0.717) is 30.2 Å². The van der Waals surface area contributed by atoms with Crippen molar-refractivity contribution in [3.63, 3.8) is 0 Å². The van der Waals surface area contributed by atoms with Crippen LogP contribution in [0.5, 0.6) is 0 Å². The van der Waals surface area contributed by atoms with Gasteiger partial charge in [-0.3, -0.25) is 4.79 Å². The van der Waals surface area contributed by atoms with Crippen molar-refractivity contribution < 1.29 is 13.6 Å². The normalized spacial score (nSPS) is 23.6. The average Bonchev–Trinajstić information content (AvgIpc) is 2.64. The molecule has 0 saturated heterocycles. The van der Waals surface area contributed by atoms with Gasteiger partial charge in [-0.1, -0.05) is 23.8 Å². The highest BCUT2D eigenvalue weighted by atomic mass is 35.5. The maximum absolute atomic E-state index is 13.7. The molecule has 1 saturated carbocycles. The maximum atomic E-state index is 13.7. The topological polar surface area (TPSA) is 54.9 Å². The molecule has 2 aliphatic carbocycles. The molecule has 0 bridgehead atoms. The van der Waals surface area contributed by atoms with Gasteiger partial charge in [0.1, 0.15) is 5.82 Å².